The predicted molar refractivity (Wildman–Crippen MR) is 174 cm³/mol. The van der Waals surface area contributed by atoms with Crippen molar-refractivity contribution in [3.05, 3.63) is 95.6 Å². The standard InChI is InChI=1S/C38H46N2O4/c41-36(42)23-24-39-37(43)32-17-15-27(16-18-32)25-35(31-21-19-29(20-22-31)28-9-3-1-4-10-28)38(44)40-26-33-13-7-8-14-34(33)30-11-5-2-6-12-30/h2,5-8,11-18,28-29,31,35H,1,3-4,9-10,19-26H2,(H,39,43)(H,40,44)(H,41,42). The fourth-order valence-electron chi connectivity index (χ4n) is 7.42. The van der Waals surface area contributed by atoms with Crippen molar-refractivity contribution in [2.45, 2.75) is 77.2 Å². The molecule has 0 aromatic heterocycles. The monoisotopic (exact) mass is 594 g/mol. The second-order valence-corrected chi connectivity index (χ2v) is 12.7. The third-order valence-corrected chi connectivity index (χ3v) is 9.89. The van der Waals surface area contributed by atoms with Crippen LogP contribution >= 0.6 is 0 Å². The number of hydrogen-bond donors (Lipinski definition) is 3. The molecular formula is C38H46N2O4. The number of carboxylic acid groups (broad SMARTS) is 1. The van der Waals surface area contributed by atoms with Gasteiger partial charge in [-0.3, -0.25) is 14.4 Å². The molecule has 2 aliphatic rings. The summed E-state index contributed by atoms with van der Waals surface area (Å²) in [6, 6.07) is 26.0. The van der Waals surface area contributed by atoms with Crippen LogP contribution in [0.15, 0.2) is 78.9 Å². The minimum absolute atomic E-state index is 0.0924. The van der Waals surface area contributed by atoms with E-state index in [0.717, 1.165) is 46.9 Å². The summed E-state index contributed by atoms with van der Waals surface area (Å²) in [4.78, 5) is 37.2. The Morgan fingerprint density at radius 3 is 2.09 bits per heavy atom. The van der Waals surface area contributed by atoms with Gasteiger partial charge >= 0.3 is 5.97 Å². The maximum absolute atomic E-state index is 14.0. The largest absolute Gasteiger partial charge is 0.481 e. The maximum Gasteiger partial charge on any atom is 0.305 e. The molecule has 6 nitrogen and oxygen atoms in total. The molecule has 6 heteroatoms. The Kier molecular flexibility index (Phi) is 11.2. The van der Waals surface area contributed by atoms with Gasteiger partial charge in [0.15, 0.2) is 0 Å². The number of carbonyl (C=O) groups is 3. The van der Waals surface area contributed by atoms with E-state index in [4.69, 9.17) is 5.11 Å². The highest BCUT2D eigenvalue weighted by atomic mass is 16.4. The van der Waals surface area contributed by atoms with Crippen molar-refractivity contribution >= 4 is 17.8 Å². The van der Waals surface area contributed by atoms with E-state index in [1.165, 1.54) is 44.9 Å². The molecule has 0 saturated heterocycles. The summed E-state index contributed by atoms with van der Waals surface area (Å²) in [6.07, 6.45) is 12.0. The second kappa shape index (κ2) is 15.7. The molecule has 232 valence electrons. The Morgan fingerprint density at radius 2 is 1.39 bits per heavy atom. The number of carboxylic acids is 1. The van der Waals surface area contributed by atoms with Gasteiger partial charge in [-0.2, -0.15) is 0 Å². The van der Waals surface area contributed by atoms with E-state index >= 15 is 0 Å². The summed E-state index contributed by atoms with van der Waals surface area (Å²) in [5.74, 6) is 0.725. The van der Waals surface area contributed by atoms with Crippen molar-refractivity contribution in [2.75, 3.05) is 6.54 Å². The lowest BCUT2D eigenvalue weighted by Gasteiger charge is -2.38. The van der Waals surface area contributed by atoms with E-state index in [1.54, 1.807) is 12.1 Å². The normalized spacial score (nSPS) is 19.5. The average Bonchev–Trinajstić information content (AvgIpc) is 3.07. The van der Waals surface area contributed by atoms with Gasteiger partial charge in [0.2, 0.25) is 5.91 Å². The molecule has 0 bridgehead atoms. The molecule has 2 aliphatic carbocycles. The zero-order valence-electron chi connectivity index (χ0n) is 25.7. The third-order valence-electron chi connectivity index (χ3n) is 9.89. The Bertz CT molecular complexity index is 1370. The van der Waals surface area contributed by atoms with E-state index in [1.807, 2.05) is 42.5 Å². The molecule has 2 saturated carbocycles. The topological polar surface area (TPSA) is 95.5 Å². The van der Waals surface area contributed by atoms with Crippen molar-refractivity contribution < 1.29 is 19.5 Å². The molecule has 2 fully saturated rings. The van der Waals surface area contributed by atoms with E-state index in [9.17, 15) is 14.4 Å². The molecule has 3 aromatic rings. The van der Waals surface area contributed by atoms with E-state index in [0.29, 0.717) is 24.4 Å². The molecule has 0 spiro atoms. The highest BCUT2D eigenvalue weighted by molar-refractivity contribution is 5.94. The van der Waals surface area contributed by atoms with Gasteiger partial charge in [0.25, 0.3) is 5.91 Å². The molecule has 1 atom stereocenters. The van der Waals surface area contributed by atoms with Crippen LogP contribution in [0.5, 0.6) is 0 Å². The molecule has 1 unspecified atom stereocenters. The first-order valence-corrected chi connectivity index (χ1v) is 16.5. The summed E-state index contributed by atoms with van der Waals surface area (Å²) in [5, 5.41) is 14.8. The molecule has 3 aromatic carbocycles. The first-order valence-electron chi connectivity index (χ1n) is 16.5. The van der Waals surface area contributed by atoms with Crippen LogP contribution in [0.25, 0.3) is 11.1 Å². The van der Waals surface area contributed by atoms with Gasteiger partial charge in [-0.1, -0.05) is 98.8 Å². The van der Waals surface area contributed by atoms with Gasteiger partial charge in [0, 0.05) is 24.6 Å². The number of carbonyl (C=O) groups excluding carboxylic acids is 2. The van der Waals surface area contributed by atoms with Gasteiger partial charge in [0.05, 0.1) is 6.42 Å². The van der Waals surface area contributed by atoms with E-state index in [2.05, 4.69) is 34.9 Å². The van der Waals surface area contributed by atoms with Crippen molar-refractivity contribution in [2.24, 2.45) is 23.7 Å². The summed E-state index contributed by atoms with van der Waals surface area (Å²) in [5.41, 5.74) is 4.90. The van der Waals surface area contributed by atoms with Gasteiger partial charge in [-0.15, -0.1) is 0 Å². The van der Waals surface area contributed by atoms with Gasteiger partial charge in [-0.25, -0.2) is 0 Å². The molecule has 44 heavy (non-hydrogen) atoms. The summed E-state index contributed by atoms with van der Waals surface area (Å²) >= 11 is 0. The number of hydrogen-bond acceptors (Lipinski definition) is 3. The summed E-state index contributed by atoms with van der Waals surface area (Å²) in [7, 11) is 0. The van der Waals surface area contributed by atoms with Crippen LogP contribution < -0.4 is 10.6 Å². The van der Waals surface area contributed by atoms with Crippen LogP contribution in [0, 0.1) is 23.7 Å². The van der Waals surface area contributed by atoms with E-state index in [-0.39, 0.29) is 30.7 Å². The number of nitrogens with one attached hydrogen (secondary N) is 2. The highest BCUT2D eigenvalue weighted by Gasteiger charge is 2.35. The van der Waals surface area contributed by atoms with Crippen molar-refractivity contribution in [3.63, 3.8) is 0 Å². The number of aliphatic carboxylic acids is 1. The lowest BCUT2D eigenvalue weighted by atomic mass is 9.68. The average molecular weight is 595 g/mol. The Labute approximate surface area is 261 Å². The zero-order valence-corrected chi connectivity index (χ0v) is 25.7. The number of benzene rings is 3. The fourth-order valence-corrected chi connectivity index (χ4v) is 7.42. The molecule has 3 N–H and O–H groups in total. The fraction of sp³-hybridized carbons (Fsp3) is 0.447. The van der Waals surface area contributed by atoms with Crippen LogP contribution in [0.1, 0.15) is 85.7 Å². The van der Waals surface area contributed by atoms with Crippen molar-refractivity contribution in [3.8, 4) is 11.1 Å². The molecular weight excluding hydrogens is 548 g/mol. The molecule has 0 radical (unpaired) electrons. The quantitative estimate of drug-likeness (QED) is 0.203. The van der Waals surface area contributed by atoms with Crippen LogP contribution in [-0.2, 0) is 22.6 Å². The third kappa shape index (κ3) is 8.58. The van der Waals surface area contributed by atoms with Crippen LogP contribution in [0.4, 0.5) is 0 Å². The van der Waals surface area contributed by atoms with Gasteiger partial charge < -0.3 is 15.7 Å². The van der Waals surface area contributed by atoms with Crippen LogP contribution in [0.3, 0.4) is 0 Å². The molecule has 5 rings (SSSR count). The maximum atomic E-state index is 14.0. The van der Waals surface area contributed by atoms with Gasteiger partial charge in [-0.05, 0) is 84.2 Å². The smallest absolute Gasteiger partial charge is 0.305 e. The number of rotatable bonds is 12. The van der Waals surface area contributed by atoms with Gasteiger partial charge in [0.1, 0.15) is 0 Å². The van der Waals surface area contributed by atoms with Crippen LogP contribution in [-0.4, -0.2) is 29.4 Å². The Balaban J connectivity index is 1.27. The predicted octanol–water partition coefficient (Wildman–Crippen LogP) is 7.42. The zero-order chi connectivity index (χ0) is 30.7. The molecule has 0 heterocycles. The lowest BCUT2D eigenvalue weighted by molar-refractivity contribution is -0.136. The lowest BCUT2D eigenvalue weighted by Crippen LogP contribution is -2.38. The SMILES string of the molecule is O=C(O)CCNC(=O)c1ccc(CC(C(=O)NCc2ccccc2-c2ccccc2)C2CCC(C3CCCCC3)CC2)cc1. The minimum Gasteiger partial charge on any atom is -0.481 e. The van der Waals surface area contributed by atoms with Crippen molar-refractivity contribution in [1.82, 2.24) is 10.6 Å². The molecule has 2 amide bonds. The van der Waals surface area contributed by atoms with Crippen LogP contribution in [0.2, 0.25) is 0 Å². The minimum atomic E-state index is -0.943. The Morgan fingerprint density at radius 1 is 0.727 bits per heavy atom. The highest BCUT2D eigenvalue weighted by Crippen LogP contribution is 2.42. The first-order chi connectivity index (χ1) is 21.5. The molecule has 0 aliphatic heterocycles. The van der Waals surface area contributed by atoms with E-state index < -0.39 is 5.97 Å². The number of amides is 2. The van der Waals surface area contributed by atoms with Crippen molar-refractivity contribution in [1.29, 1.82) is 0 Å². The summed E-state index contributed by atoms with van der Waals surface area (Å²) < 4.78 is 0. The Hall–Kier alpha value is -3.93. The summed E-state index contributed by atoms with van der Waals surface area (Å²) in [6.45, 7) is 0.572. The second-order valence-electron chi connectivity index (χ2n) is 12.7. The first kappa shape index (κ1) is 31.5.